The summed E-state index contributed by atoms with van der Waals surface area (Å²) >= 11 is 0. The minimum atomic E-state index is -0.521. The van der Waals surface area contributed by atoms with Gasteiger partial charge in [-0.3, -0.25) is 9.59 Å². The van der Waals surface area contributed by atoms with E-state index in [1.807, 2.05) is 13.0 Å². The van der Waals surface area contributed by atoms with Crippen LogP contribution in [0.2, 0.25) is 0 Å². The van der Waals surface area contributed by atoms with Gasteiger partial charge in [-0.2, -0.15) is 0 Å². The molecule has 1 aromatic carbocycles. The first kappa shape index (κ1) is 12.2. The molecule has 0 radical (unpaired) electrons. The van der Waals surface area contributed by atoms with Crippen molar-refractivity contribution in [1.29, 1.82) is 0 Å². The fourth-order valence-electron chi connectivity index (χ4n) is 1.26. The average molecular weight is 220 g/mol. The number of rotatable bonds is 4. The topological polar surface area (TPSA) is 58.2 Å². The Hall–Kier alpha value is -1.84. The van der Waals surface area contributed by atoms with Gasteiger partial charge in [0.2, 0.25) is 5.91 Å². The van der Waals surface area contributed by atoms with Crippen LogP contribution in [0, 0.1) is 0 Å². The molecule has 0 heterocycles. The Labute approximate surface area is 95.0 Å². The van der Waals surface area contributed by atoms with Gasteiger partial charge < -0.3 is 10.6 Å². The lowest BCUT2D eigenvalue weighted by atomic mass is 10.2. The third-order valence-electron chi connectivity index (χ3n) is 2.13. The van der Waals surface area contributed by atoms with Gasteiger partial charge in [0.25, 0.3) is 5.91 Å². The number of hydrogen-bond donors (Lipinski definition) is 2. The van der Waals surface area contributed by atoms with Crippen LogP contribution in [0.25, 0.3) is 0 Å². The highest BCUT2D eigenvalue weighted by atomic mass is 16.2. The van der Waals surface area contributed by atoms with Crippen LogP contribution >= 0.6 is 0 Å². The fourth-order valence-corrected chi connectivity index (χ4v) is 1.26. The molecule has 0 saturated carbocycles. The first-order valence-corrected chi connectivity index (χ1v) is 5.28. The predicted octanol–water partition coefficient (Wildman–Crippen LogP) is 0.941. The Balaban J connectivity index is 2.55. The van der Waals surface area contributed by atoms with E-state index in [1.54, 1.807) is 31.2 Å². The van der Waals surface area contributed by atoms with Gasteiger partial charge in [0, 0.05) is 12.1 Å². The van der Waals surface area contributed by atoms with Gasteiger partial charge in [-0.25, -0.2) is 0 Å². The van der Waals surface area contributed by atoms with E-state index in [-0.39, 0.29) is 11.8 Å². The molecule has 0 saturated heterocycles. The van der Waals surface area contributed by atoms with E-state index < -0.39 is 6.04 Å². The molecule has 0 aliphatic rings. The van der Waals surface area contributed by atoms with Crippen molar-refractivity contribution < 1.29 is 9.59 Å². The number of amides is 2. The summed E-state index contributed by atoms with van der Waals surface area (Å²) < 4.78 is 0. The molecule has 0 fully saturated rings. The summed E-state index contributed by atoms with van der Waals surface area (Å²) in [5, 5.41) is 5.28. The van der Waals surface area contributed by atoms with E-state index in [2.05, 4.69) is 10.6 Å². The molecular formula is C12H16N2O2. The molecule has 4 nitrogen and oxygen atoms in total. The molecular weight excluding hydrogens is 204 g/mol. The number of benzene rings is 1. The minimum absolute atomic E-state index is 0.174. The third kappa shape index (κ3) is 3.38. The summed E-state index contributed by atoms with van der Waals surface area (Å²) in [5.41, 5.74) is 0.554. The highest BCUT2D eigenvalue weighted by molar-refractivity contribution is 5.97. The Morgan fingerprint density at radius 3 is 2.44 bits per heavy atom. The van der Waals surface area contributed by atoms with E-state index in [0.717, 1.165) is 0 Å². The number of nitrogens with one attached hydrogen (secondary N) is 2. The first-order chi connectivity index (χ1) is 7.65. The smallest absolute Gasteiger partial charge is 0.251 e. The van der Waals surface area contributed by atoms with Crippen LogP contribution < -0.4 is 10.6 Å². The Morgan fingerprint density at radius 1 is 1.25 bits per heavy atom. The van der Waals surface area contributed by atoms with Gasteiger partial charge in [0.1, 0.15) is 6.04 Å². The van der Waals surface area contributed by atoms with Crippen molar-refractivity contribution in [3.8, 4) is 0 Å². The van der Waals surface area contributed by atoms with Crippen molar-refractivity contribution in [2.75, 3.05) is 6.54 Å². The fraction of sp³-hybridized carbons (Fsp3) is 0.333. The molecule has 1 unspecified atom stereocenters. The molecule has 1 rings (SSSR count). The molecule has 2 N–H and O–H groups in total. The van der Waals surface area contributed by atoms with Crippen LogP contribution in [-0.4, -0.2) is 24.4 Å². The van der Waals surface area contributed by atoms with Gasteiger partial charge in [0.05, 0.1) is 0 Å². The summed E-state index contributed by atoms with van der Waals surface area (Å²) in [6.45, 7) is 4.06. The third-order valence-corrected chi connectivity index (χ3v) is 2.13. The minimum Gasteiger partial charge on any atom is -0.355 e. The molecule has 1 atom stereocenters. The maximum Gasteiger partial charge on any atom is 0.251 e. The predicted molar refractivity (Wildman–Crippen MR) is 62.1 cm³/mol. The van der Waals surface area contributed by atoms with Crippen LogP contribution in [-0.2, 0) is 4.79 Å². The van der Waals surface area contributed by atoms with E-state index in [0.29, 0.717) is 12.1 Å². The zero-order valence-corrected chi connectivity index (χ0v) is 9.49. The number of hydrogen-bond acceptors (Lipinski definition) is 2. The van der Waals surface area contributed by atoms with E-state index in [9.17, 15) is 9.59 Å². The maximum atomic E-state index is 11.7. The Kier molecular flexibility index (Phi) is 4.51. The second-order valence-corrected chi connectivity index (χ2v) is 3.46. The van der Waals surface area contributed by atoms with Crippen LogP contribution in [0.5, 0.6) is 0 Å². The summed E-state index contributed by atoms with van der Waals surface area (Å²) in [7, 11) is 0. The lowest BCUT2D eigenvalue weighted by Gasteiger charge is -2.13. The summed E-state index contributed by atoms with van der Waals surface area (Å²) in [4.78, 5) is 23.1. The first-order valence-electron chi connectivity index (χ1n) is 5.28. The highest BCUT2D eigenvalue weighted by Gasteiger charge is 2.15. The SMILES string of the molecule is CCNC(=O)C(C)NC(=O)c1ccccc1. The van der Waals surface area contributed by atoms with Crippen molar-refractivity contribution in [2.24, 2.45) is 0 Å². The van der Waals surface area contributed by atoms with Gasteiger partial charge in [-0.1, -0.05) is 18.2 Å². The molecule has 86 valence electrons. The van der Waals surface area contributed by atoms with Crippen LogP contribution in [0.1, 0.15) is 24.2 Å². The van der Waals surface area contributed by atoms with Crippen molar-refractivity contribution >= 4 is 11.8 Å². The largest absolute Gasteiger partial charge is 0.355 e. The highest BCUT2D eigenvalue weighted by Crippen LogP contribution is 1.98. The summed E-state index contributed by atoms with van der Waals surface area (Å²) in [5.74, 6) is -0.411. The van der Waals surface area contributed by atoms with Crippen molar-refractivity contribution in [1.82, 2.24) is 10.6 Å². The molecule has 2 amide bonds. The molecule has 4 heteroatoms. The van der Waals surface area contributed by atoms with Crippen molar-refractivity contribution in [3.05, 3.63) is 35.9 Å². The monoisotopic (exact) mass is 220 g/mol. The lowest BCUT2D eigenvalue weighted by Crippen LogP contribution is -2.44. The van der Waals surface area contributed by atoms with Gasteiger partial charge in [-0.15, -0.1) is 0 Å². The van der Waals surface area contributed by atoms with E-state index in [1.165, 1.54) is 0 Å². The van der Waals surface area contributed by atoms with Gasteiger partial charge in [0.15, 0.2) is 0 Å². The average Bonchev–Trinajstić information content (AvgIpc) is 2.30. The second kappa shape index (κ2) is 5.90. The maximum absolute atomic E-state index is 11.7. The number of carbonyl (C=O) groups is 2. The standard InChI is InChI=1S/C12H16N2O2/c1-3-13-11(15)9(2)14-12(16)10-7-5-4-6-8-10/h4-9H,3H2,1-2H3,(H,13,15)(H,14,16). The Bertz CT molecular complexity index is 363. The molecule has 0 spiro atoms. The van der Waals surface area contributed by atoms with Crippen LogP contribution in [0.15, 0.2) is 30.3 Å². The van der Waals surface area contributed by atoms with Crippen LogP contribution in [0.4, 0.5) is 0 Å². The zero-order valence-electron chi connectivity index (χ0n) is 9.49. The zero-order chi connectivity index (χ0) is 12.0. The summed E-state index contributed by atoms with van der Waals surface area (Å²) in [6, 6.07) is 8.30. The lowest BCUT2D eigenvalue weighted by molar-refractivity contribution is -0.122. The second-order valence-electron chi connectivity index (χ2n) is 3.46. The quantitative estimate of drug-likeness (QED) is 0.793. The molecule has 16 heavy (non-hydrogen) atoms. The number of carbonyl (C=O) groups excluding carboxylic acids is 2. The van der Waals surface area contributed by atoms with E-state index >= 15 is 0 Å². The molecule has 0 aromatic heterocycles. The Morgan fingerprint density at radius 2 is 1.88 bits per heavy atom. The van der Waals surface area contributed by atoms with E-state index in [4.69, 9.17) is 0 Å². The number of likely N-dealkylation sites (N-methyl/N-ethyl adjacent to an activating group) is 1. The normalized spacial score (nSPS) is 11.6. The molecule has 0 aliphatic heterocycles. The molecule has 0 bridgehead atoms. The van der Waals surface area contributed by atoms with Crippen molar-refractivity contribution in [2.45, 2.75) is 19.9 Å². The van der Waals surface area contributed by atoms with Gasteiger partial charge in [-0.05, 0) is 26.0 Å². The summed E-state index contributed by atoms with van der Waals surface area (Å²) in [6.07, 6.45) is 0. The molecule has 0 aliphatic carbocycles. The molecule has 1 aromatic rings. The van der Waals surface area contributed by atoms with Gasteiger partial charge >= 0.3 is 0 Å². The van der Waals surface area contributed by atoms with Crippen molar-refractivity contribution in [3.63, 3.8) is 0 Å². The van der Waals surface area contributed by atoms with Crippen LogP contribution in [0.3, 0.4) is 0 Å².